The van der Waals surface area contributed by atoms with E-state index in [1.165, 1.54) is 6.07 Å². The summed E-state index contributed by atoms with van der Waals surface area (Å²) >= 11 is 6.08. The molecular weight excluding hydrogens is 298 g/mol. The van der Waals surface area contributed by atoms with Crippen molar-refractivity contribution >= 4 is 29.3 Å². The van der Waals surface area contributed by atoms with Gasteiger partial charge in [0.1, 0.15) is 5.69 Å². The molecule has 2 aromatic rings. The van der Waals surface area contributed by atoms with Crippen LogP contribution >= 0.6 is 11.6 Å². The summed E-state index contributed by atoms with van der Waals surface area (Å²) in [6.07, 6.45) is 3.47. The van der Waals surface area contributed by atoms with Gasteiger partial charge in [0.25, 0.3) is 5.91 Å². The molecule has 1 aliphatic heterocycles. The topological polar surface area (TPSA) is 34.0 Å². The number of nitrogens with one attached hydrogen (secondary N) is 1. The van der Waals surface area contributed by atoms with Gasteiger partial charge < -0.3 is 9.88 Å². The SMILES string of the molecule is O=C(Nc1ccc(F)c(F)c1)c1c(Cl)cc2n1CC=C=C2. The molecule has 0 aliphatic carbocycles. The van der Waals surface area contributed by atoms with E-state index in [9.17, 15) is 13.6 Å². The molecule has 6 heteroatoms. The summed E-state index contributed by atoms with van der Waals surface area (Å²) in [5.74, 6) is -2.48. The highest BCUT2D eigenvalue weighted by Gasteiger charge is 2.20. The molecule has 1 aromatic carbocycles. The van der Waals surface area contributed by atoms with Crippen molar-refractivity contribution in [3.63, 3.8) is 0 Å². The molecule has 1 amide bonds. The maximum absolute atomic E-state index is 13.1. The third kappa shape index (κ3) is 2.49. The van der Waals surface area contributed by atoms with Crippen molar-refractivity contribution in [2.75, 3.05) is 5.32 Å². The van der Waals surface area contributed by atoms with Gasteiger partial charge in [0.05, 0.1) is 10.7 Å². The van der Waals surface area contributed by atoms with Crippen molar-refractivity contribution in [2.24, 2.45) is 0 Å². The maximum atomic E-state index is 13.1. The van der Waals surface area contributed by atoms with Gasteiger partial charge in [-0.05, 0) is 24.3 Å². The molecule has 0 saturated heterocycles. The molecule has 21 heavy (non-hydrogen) atoms. The summed E-state index contributed by atoms with van der Waals surface area (Å²) in [5, 5.41) is 2.79. The van der Waals surface area contributed by atoms with Crippen LogP contribution in [0.1, 0.15) is 16.2 Å². The molecular formula is C15H9ClF2N2O. The zero-order chi connectivity index (χ0) is 15.0. The van der Waals surface area contributed by atoms with Gasteiger partial charge in [0.15, 0.2) is 11.6 Å². The van der Waals surface area contributed by atoms with Crippen molar-refractivity contribution < 1.29 is 13.6 Å². The average Bonchev–Trinajstić information content (AvgIpc) is 2.78. The first kappa shape index (κ1) is 13.6. The molecule has 0 spiro atoms. The number of carbonyl (C=O) groups is 1. The van der Waals surface area contributed by atoms with Crippen molar-refractivity contribution in [3.8, 4) is 0 Å². The fourth-order valence-electron chi connectivity index (χ4n) is 2.13. The number of nitrogens with zero attached hydrogens (tertiary/aromatic N) is 1. The van der Waals surface area contributed by atoms with Gasteiger partial charge in [-0.1, -0.05) is 11.6 Å². The third-order valence-electron chi connectivity index (χ3n) is 3.10. The number of fused-ring (bicyclic) bond motifs is 1. The minimum absolute atomic E-state index is 0.160. The number of benzene rings is 1. The van der Waals surface area contributed by atoms with Gasteiger partial charge in [0, 0.05) is 24.4 Å². The second kappa shape index (κ2) is 5.20. The van der Waals surface area contributed by atoms with E-state index >= 15 is 0 Å². The Morgan fingerprint density at radius 1 is 1.29 bits per heavy atom. The maximum Gasteiger partial charge on any atom is 0.273 e. The number of amides is 1. The molecule has 1 aromatic heterocycles. The van der Waals surface area contributed by atoms with Crippen LogP contribution in [0.2, 0.25) is 5.02 Å². The first-order valence-electron chi connectivity index (χ1n) is 6.12. The third-order valence-corrected chi connectivity index (χ3v) is 3.39. The Morgan fingerprint density at radius 2 is 2.10 bits per heavy atom. The zero-order valence-electron chi connectivity index (χ0n) is 10.7. The van der Waals surface area contributed by atoms with Crippen molar-refractivity contribution in [1.29, 1.82) is 0 Å². The lowest BCUT2D eigenvalue weighted by Crippen LogP contribution is -2.18. The molecule has 0 bridgehead atoms. The van der Waals surface area contributed by atoms with Crippen LogP contribution in [0.15, 0.2) is 36.1 Å². The van der Waals surface area contributed by atoms with E-state index in [4.69, 9.17) is 11.6 Å². The highest BCUT2D eigenvalue weighted by atomic mass is 35.5. The molecule has 0 atom stereocenters. The normalized spacial score (nSPS) is 12.3. The van der Waals surface area contributed by atoms with Crippen LogP contribution < -0.4 is 5.32 Å². The van der Waals surface area contributed by atoms with Crippen LogP contribution in [-0.2, 0) is 6.54 Å². The quantitative estimate of drug-likeness (QED) is 0.840. The Labute approximate surface area is 124 Å². The molecule has 3 rings (SSSR count). The average molecular weight is 307 g/mol. The van der Waals surface area contributed by atoms with Gasteiger partial charge in [0.2, 0.25) is 0 Å². The van der Waals surface area contributed by atoms with Crippen LogP contribution in [0.4, 0.5) is 14.5 Å². The minimum Gasteiger partial charge on any atom is -0.331 e. The Hall–Kier alpha value is -2.36. The Morgan fingerprint density at radius 3 is 2.86 bits per heavy atom. The van der Waals surface area contributed by atoms with E-state index in [0.29, 0.717) is 11.6 Å². The zero-order valence-corrected chi connectivity index (χ0v) is 11.4. The lowest BCUT2D eigenvalue weighted by molar-refractivity contribution is 0.101. The minimum atomic E-state index is -1.03. The van der Waals surface area contributed by atoms with Crippen LogP contribution in [0.25, 0.3) is 6.08 Å². The van der Waals surface area contributed by atoms with Crippen molar-refractivity contribution in [2.45, 2.75) is 6.54 Å². The fraction of sp³-hybridized carbons (Fsp3) is 0.0667. The van der Waals surface area contributed by atoms with Crippen molar-refractivity contribution in [1.82, 2.24) is 4.57 Å². The number of hydrogen-bond acceptors (Lipinski definition) is 1. The summed E-state index contributed by atoms with van der Waals surface area (Å²) in [7, 11) is 0. The molecule has 1 aliphatic rings. The predicted octanol–water partition coefficient (Wildman–Crippen LogP) is 3.85. The summed E-state index contributed by atoms with van der Waals surface area (Å²) < 4.78 is 27.7. The van der Waals surface area contributed by atoms with Gasteiger partial charge in [-0.15, -0.1) is 5.73 Å². The van der Waals surface area contributed by atoms with E-state index in [-0.39, 0.29) is 11.4 Å². The highest BCUT2D eigenvalue weighted by Crippen LogP contribution is 2.25. The molecule has 3 nitrogen and oxygen atoms in total. The molecule has 1 N–H and O–H groups in total. The highest BCUT2D eigenvalue weighted by molar-refractivity contribution is 6.34. The predicted molar refractivity (Wildman–Crippen MR) is 76.3 cm³/mol. The number of rotatable bonds is 2. The molecule has 0 unspecified atom stereocenters. The Kier molecular flexibility index (Phi) is 3.37. The van der Waals surface area contributed by atoms with Gasteiger partial charge >= 0.3 is 0 Å². The summed E-state index contributed by atoms with van der Waals surface area (Å²) in [4.78, 5) is 12.3. The summed E-state index contributed by atoms with van der Waals surface area (Å²) in [6.45, 7) is 0.471. The number of anilines is 1. The lowest BCUT2D eigenvalue weighted by Gasteiger charge is -2.11. The van der Waals surface area contributed by atoms with Gasteiger partial charge in [-0.3, -0.25) is 4.79 Å². The van der Waals surface area contributed by atoms with Crippen molar-refractivity contribution in [3.05, 3.63) is 64.1 Å². The molecule has 2 heterocycles. The number of halogens is 3. The largest absolute Gasteiger partial charge is 0.331 e. The molecule has 106 valence electrons. The number of aromatic nitrogens is 1. The van der Waals surface area contributed by atoms with E-state index in [2.05, 4.69) is 11.0 Å². The monoisotopic (exact) mass is 306 g/mol. The van der Waals surface area contributed by atoms with Crippen LogP contribution in [0, 0.1) is 11.6 Å². The second-order valence-electron chi connectivity index (χ2n) is 4.47. The smallest absolute Gasteiger partial charge is 0.273 e. The van der Waals surface area contributed by atoms with Crippen LogP contribution in [0.5, 0.6) is 0 Å². The molecule has 0 fully saturated rings. The summed E-state index contributed by atoms with van der Waals surface area (Å²) in [5.41, 5.74) is 4.12. The first-order chi connectivity index (χ1) is 10.1. The summed E-state index contributed by atoms with van der Waals surface area (Å²) in [6, 6.07) is 4.80. The van der Waals surface area contributed by atoms with Crippen LogP contribution in [-0.4, -0.2) is 10.5 Å². The Bertz CT molecular complexity index is 804. The number of allylic oxidation sites excluding steroid dienone is 1. The first-order valence-corrected chi connectivity index (χ1v) is 6.50. The van der Waals surface area contributed by atoms with E-state index < -0.39 is 17.5 Å². The van der Waals surface area contributed by atoms with E-state index in [1.54, 1.807) is 22.8 Å². The second-order valence-corrected chi connectivity index (χ2v) is 4.88. The number of hydrogen-bond donors (Lipinski definition) is 1. The van der Waals surface area contributed by atoms with Gasteiger partial charge in [-0.25, -0.2) is 8.78 Å². The standard InChI is InChI=1S/C15H9ClF2N2O/c16-11-8-10-3-1-2-6-20(10)14(11)15(21)19-9-4-5-12(17)13(18)7-9/h2-5,7-8H,6H2,(H,19,21). The van der Waals surface area contributed by atoms with E-state index in [1.807, 2.05) is 0 Å². The molecule has 0 saturated carbocycles. The van der Waals surface area contributed by atoms with Crippen LogP contribution in [0.3, 0.4) is 0 Å². The Balaban J connectivity index is 1.91. The number of carbonyl (C=O) groups excluding carboxylic acids is 1. The lowest BCUT2D eigenvalue weighted by atomic mass is 10.3. The molecule has 0 radical (unpaired) electrons. The van der Waals surface area contributed by atoms with Gasteiger partial charge in [-0.2, -0.15) is 0 Å². The van der Waals surface area contributed by atoms with E-state index in [0.717, 1.165) is 17.8 Å². The fourth-order valence-corrected chi connectivity index (χ4v) is 2.43.